The van der Waals surface area contributed by atoms with Gasteiger partial charge in [-0.1, -0.05) is 13.8 Å². The normalized spacial score (nSPS) is 15.0. The number of aromatic nitrogens is 8. The molecule has 23 nitrogen and oxygen atoms in total. The Labute approximate surface area is 384 Å². The van der Waals surface area contributed by atoms with Crippen LogP contribution in [0.4, 0.5) is 0 Å². The van der Waals surface area contributed by atoms with Crippen LogP contribution in [0.15, 0.2) is 55.8 Å². The van der Waals surface area contributed by atoms with Crippen molar-refractivity contribution in [3.63, 3.8) is 0 Å². The number of hydrogen-bond acceptors (Lipinski definition) is 16. The Hall–Kier alpha value is -6.28. The highest BCUT2D eigenvalue weighted by Crippen LogP contribution is 2.35. The van der Waals surface area contributed by atoms with E-state index in [0.29, 0.717) is 82.8 Å². The maximum absolute atomic E-state index is 13.2. The zero-order valence-electron chi connectivity index (χ0n) is 37.9. The van der Waals surface area contributed by atoms with Crippen LogP contribution < -0.4 is 20.6 Å². The molecule has 0 amide bonds. The molecular weight excluding hydrogens is 915 g/mol. The molecule has 2 fully saturated rings. The molecule has 6 heterocycles. The number of aromatic amines is 2. The zero-order valence-corrected chi connectivity index (χ0v) is 39.5. The standard InChI is InChI=1S/C21H26N6O7S.C21H27N5O5S/c1-4-6-18-22-13(3)19-21(28)23-20(24-26(18)19)16-9-15(7-8-17(16)33-5-2)35(31,32)25-10-14(11-25)12-34-27(29)30;1-4-6-18-22-13(3)19-21(28)23-20(24-26(18)19)16-9-15(7-8-17(16)31-5-2)32(29,30)25-10-14(11-25)12-27/h7-9,14H,4-6,10-12H2,1-3H3,(H,23,24,28);7-9,14,27H,4-6,10-12H2,1-3H3,(H,23,24,28). The number of imidazole rings is 2. The van der Waals surface area contributed by atoms with Crippen LogP contribution in [0, 0.1) is 35.8 Å². The maximum atomic E-state index is 13.2. The van der Waals surface area contributed by atoms with Gasteiger partial charge in [-0.3, -0.25) is 9.59 Å². The molecule has 0 bridgehead atoms. The molecule has 0 aliphatic carbocycles. The van der Waals surface area contributed by atoms with Crippen molar-refractivity contribution >= 4 is 31.1 Å². The number of ether oxygens (including phenoxy) is 2. The smallest absolute Gasteiger partial charge is 0.294 e. The van der Waals surface area contributed by atoms with Gasteiger partial charge in [-0.15, -0.1) is 20.3 Å². The van der Waals surface area contributed by atoms with Crippen molar-refractivity contribution in [2.45, 2.75) is 77.0 Å². The second-order valence-corrected chi connectivity index (χ2v) is 20.0. The van der Waals surface area contributed by atoms with Crippen molar-refractivity contribution in [2.75, 3.05) is 52.6 Å². The van der Waals surface area contributed by atoms with E-state index in [-0.39, 0.29) is 78.2 Å². The van der Waals surface area contributed by atoms with Crippen LogP contribution in [0.5, 0.6) is 11.5 Å². The van der Waals surface area contributed by atoms with Crippen LogP contribution in [0.2, 0.25) is 0 Å². The highest BCUT2D eigenvalue weighted by atomic mass is 32.2. The highest BCUT2D eigenvalue weighted by molar-refractivity contribution is 7.89. The topological polar surface area (TPSA) is 292 Å². The number of aliphatic hydroxyl groups is 1. The lowest BCUT2D eigenvalue weighted by atomic mass is 10.1. The summed E-state index contributed by atoms with van der Waals surface area (Å²) in [5.74, 6) is 2.13. The van der Waals surface area contributed by atoms with Crippen molar-refractivity contribution in [2.24, 2.45) is 11.8 Å². The number of fused-ring (bicyclic) bond motifs is 2. The lowest BCUT2D eigenvalue weighted by Crippen LogP contribution is -2.51. The largest absolute Gasteiger partial charge is 0.493 e. The number of H-pyrrole nitrogens is 2. The molecule has 0 unspecified atom stereocenters. The number of sulfonamides is 2. The van der Waals surface area contributed by atoms with Crippen molar-refractivity contribution in [1.29, 1.82) is 0 Å². The Bertz CT molecular complexity index is 3150. The van der Waals surface area contributed by atoms with Gasteiger partial charge in [0.15, 0.2) is 22.7 Å². The zero-order chi connectivity index (χ0) is 48.4. The molecule has 0 radical (unpaired) electrons. The van der Waals surface area contributed by atoms with Crippen molar-refractivity contribution in [3.05, 3.63) is 90.3 Å². The second kappa shape index (κ2) is 19.9. The third kappa shape index (κ3) is 9.77. The van der Waals surface area contributed by atoms with Crippen molar-refractivity contribution in [3.8, 4) is 34.3 Å². The Kier molecular flexibility index (Phi) is 14.4. The van der Waals surface area contributed by atoms with Gasteiger partial charge in [-0.25, -0.2) is 35.8 Å². The summed E-state index contributed by atoms with van der Waals surface area (Å²) in [7, 11) is -7.63. The van der Waals surface area contributed by atoms with Gasteiger partial charge in [0.2, 0.25) is 20.0 Å². The number of benzene rings is 2. The first-order chi connectivity index (χ1) is 31.9. The van der Waals surface area contributed by atoms with Gasteiger partial charge < -0.3 is 29.4 Å². The van der Waals surface area contributed by atoms with Crippen LogP contribution in [-0.2, 0) is 37.7 Å². The van der Waals surface area contributed by atoms with Crippen molar-refractivity contribution in [1.82, 2.24) is 47.8 Å². The first kappa shape index (κ1) is 48.6. The van der Waals surface area contributed by atoms with E-state index >= 15 is 0 Å². The Balaban J connectivity index is 0.000000200. The SMILES string of the molecule is CCCc1nc(C)c2c(=O)[nH]c(-c3cc(S(=O)(=O)N4CC(CO)C4)ccc3OCC)nn12.CCCc1nc(C)c2c(=O)[nH]c(-c3cc(S(=O)(=O)N4CC(CO[N+](=O)[O-])C4)ccc3OCC)nn12. The molecule has 0 saturated carbocycles. The van der Waals surface area contributed by atoms with Gasteiger partial charge >= 0.3 is 0 Å². The molecule has 8 rings (SSSR count). The molecule has 67 heavy (non-hydrogen) atoms. The third-order valence-corrected chi connectivity index (χ3v) is 14.9. The summed E-state index contributed by atoms with van der Waals surface area (Å²) in [6.45, 7) is 12.4. The summed E-state index contributed by atoms with van der Waals surface area (Å²) in [4.78, 5) is 54.9. The minimum absolute atomic E-state index is 0.0112. The van der Waals surface area contributed by atoms with Gasteiger partial charge in [0, 0.05) is 57.5 Å². The molecule has 0 atom stereocenters. The van der Waals surface area contributed by atoms with Crippen LogP contribution in [-0.4, -0.2) is 127 Å². The second-order valence-electron chi connectivity index (χ2n) is 16.1. The fraction of sp³-hybridized carbons (Fsp3) is 0.476. The maximum Gasteiger partial charge on any atom is 0.294 e. The molecule has 2 aromatic carbocycles. The molecule has 2 aliphatic heterocycles. The van der Waals surface area contributed by atoms with E-state index in [4.69, 9.17) is 9.47 Å². The molecule has 3 N–H and O–H groups in total. The van der Waals surface area contributed by atoms with Gasteiger partial charge in [0.25, 0.3) is 16.2 Å². The van der Waals surface area contributed by atoms with Gasteiger partial charge in [-0.05, 0) is 76.9 Å². The summed E-state index contributed by atoms with van der Waals surface area (Å²) in [5.41, 5.74) is 1.79. The van der Waals surface area contributed by atoms with Crippen molar-refractivity contribution < 1.29 is 41.3 Å². The van der Waals surface area contributed by atoms with E-state index < -0.39 is 30.7 Å². The number of rotatable bonds is 18. The molecule has 0 spiro atoms. The Morgan fingerprint density at radius 3 is 1.51 bits per heavy atom. The van der Waals surface area contributed by atoms with E-state index in [1.165, 1.54) is 48.0 Å². The van der Waals surface area contributed by atoms with E-state index in [9.17, 15) is 41.6 Å². The predicted octanol–water partition coefficient (Wildman–Crippen LogP) is 2.93. The van der Waals surface area contributed by atoms with Crippen LogP contribution >= 0.6 is 0 Å². The van der Waals surface area contributed by atoms with Gasteiger partial charge in [0.1, 0.15) is 29.8 Å². The molecular formula is C42H53N11O12S2. The number of nitrogens with one attached hydrogen (secondary N) is 2. The number of aryl methyl sites for hydroxylation is 4. The average molecular weight is 968 g/mol. The number of hydrogen-bond donors (Lipinski definition) is 3. The summed E-state index contributed by atoms with van der Waals surface area (Å²) >= 11 is 0. The monoisotopic (exact) mass is 967 g/mol. The molecule has 2 aliphatic rings. The average Bonchev–Trinajstić information content (AvgIpc) is 3.74. The van der Waals surface area contributed by atoms with E-state index in [1.54, 1.807) is 26.8 Å². The number of aliphatic hydroxyl groups excluding tert-OH is 1. The lowest BCUT2D eigenvalue weighted by Gasteiger charge is -2.37. The lowest BCUT2D eigenvalue weighted by molar-refractivity contribution is -0.759. The van der Waals surface area contributed by atoms with E-state index in [0.717, 1.165) is 12.8 Å². The fourth-order valence-corrected chi connectivity index (χ4v) is 11.1. The molecule has 2 saturated heterocycles. The van der Waals surface area contributed by atoms with E-state index in [1.807, 2.05) is 20.8 Å². The highest BCUT2D eigenvalue weighted by Gasteiger charge is 2.38. The first-order valence-electron chi connectivity index (χ1n) is 21.8. The summed E-state index contributed by atoms with van der Waals surface area (Å²) in [5, 5.41) is 27.9. The first-order valence-corrected chi connectivity index (χ1v) is 24.7. The van der Waals surface area contributed by atoms with Crippen LogP contribution in [0.3, 0.4) is 0 Å². The quantitative estimate of drug-likeness (QED) is 0.0824. The predicted molar refractivity (Wildman–Crippen MR) is 242 cm³/mol. The number of nitrogens with zero attached hydrogens (tertiary/aromatic N) is 9. The third-order valence-electron chi connectivity index (χ3n) is 11.2. The van der Waals surface area contributed by atoms with E-state index in [2.05, 4.69) is 35.0 Å². The Morgan fingerprint density at radius 1 is 0.716 bits per heavy atom. The Morgan fingerprint density at radius 2 is 1.13 bits per heavy atom. The molecule has 360 valence electrons. The van der Waals surface area contributed by atoms with Gasteiger partial charge in [-0.2, -0.15) is 8.61 Å². The summed E-state index contributed by atoms with van der Waals surface area (Å²) in [6, 6.07) is 8.89. The minimum atomic E-state index is -3.89. The minimum Gasteiger partial charge on any atom is -0.493 e. The van der Waals surface area contributed by atoms with Crippen LogP contribution in [0.25, 0.3) is 33.8 Å². The molecule has 4 aromatic heterocycles. The summed E-state index contributed by atoms with van der Waals surface area (Å²) in [6.07, 6.45) is 2.92. The van der Waals surface area contributed by atoms with Crippen LogP contribution in [0.1, 0.15) is 63.6 Å². The molecule has 6 aromatic rings. The van der Waals surface area contributed by atoms with Gasteiger partial charge in [0.05, 0.1) is 45.5 Å². The molecule has 25 heteroatoms. The fourth-order valence-electron chi connectivity index (χ4n) is 7.88. The summed E-state index contributed by atoms with van der Waals surface area (Å²) < 4.78 is 69.4.